The third-order valence-corrected chi connectivity index (χ3v) is 4.51. The molecule has 0 aliphatic heterocycles. The summed E-state index contributed by atoms with van der Waals surface area (Å²) >= 11 is 4.89. The molecule has 3 nitrogen and oxygen atoms in total. The maximum absolute atomic E-state index is 12.0. The maximum Gasteiger partial charge on any atom is 0.250 e. The summed E-state index contributed by atoms with van der Waals surface area (Å²) in [6.45, 7) is 2.03. The third-order valence-electron chi connectivity index (χ3n) is 3.09. The molecule has 0 aliphatic rings. The molecule has 5 heteroatoms. The van der Waals surface area contributed by atoms with Gasteiger partial charge in [0.25, 0.3) is 0 Å². The number of nitrogens with zero attached hydrogens (tertiary/aromatic N) is 1. The van der Waals surface area contributed by atoms with E-state index in [1.54, 1.807) is 6.08 Å². The lowest BCUT2D eigenvalue weighted by molar-refractivity contribution is -0.111. The minimum atomic E-state index is -0.182. The van der Waals surface area contributed by atoms with E-state index in [2.05, 4.69) is 26.2 Å². The molecule has 0 fully saturated rings. The number of rotatable bonds is 3. The fourth-order valence-electron chi connectivity index (χ4n) is 1.95. The molecule has 1 N–H and O–H groups in total. The Morgan fingerprint density at radius 3 is 2.77 bits per heavy atom. The number of hydrogen-bond acceptors (Lipinski definition) is 3. The van der Waals surface area contributed by atoms with Gasteiger partial charge in [-0.15, -0.1) is 0 Å². The molecule has 1 aromatic heterocycles. The Labute approximate surface area is 140 Å². The first-order valence-corrected chi connectivity index (χ1v) is 8.33. The zero-order valence-electron chi connectivity index (χ0n) is 11.8. The highest BCUT2D eigenvalue weighted by Gasteiger charge is 2.06. The minimum absolute atomic E-state index is 0.182. The first-order chi connectivity index (χ1) is 10.6. The van der Waals surface area contributed by atoms with Crippen molar-refractivity contribution < 1.29 is 4.79 Å². The lowest BCUT2D eigenvalue weighted by Crippen LogP contribution is -2.07. The van der Waals surface area contributed by atoms with Gasteiger partial charge in [0.1, 0.15) is 0 Å². The minimum Gasteiger partial charge on any atom is -0.298 e. The van der Waals surface area contributed by atoms with Crippen LogP contribution in [0, 0.1) is 6.92 Å². The molecule has 1 heterocycles. The van der Waals surface area contributed by atoms with Gasteiger partial charge in [0.05, 0.1) is 10.2 Å². The van der Waals surface area contributed by atoms with Crippen LogP contribution >= 0.6 is 27.3 Å². The molecule has 0 spiro atoms. The fourth-order valence-corrected chi connectivity index (χ4v) is 3.37. The van der Waals surface area contributed by atoms with Crippen molar-refractivity contribution in [2.45, 2.75) is 6.92 Å². The van der Waals surface area contributed by atoms with Crippen molar-refractivity contribution in [1.82, 2.24) is 4.98 Å². The molecule has 22 heavy (non-hydrogen) atoms. The lowest BCUT2D eigenvalue weighted by atomic mass is 10.1. The first kappa shape index (κ1) is 14.9. The van der Waals surface area contributed by atoms with Gasteiger partial charge >= 0.3 is 0 Å². The Kier molecular flexibility index (Phi) is 4.36. The summed E-state index contributed by atoms with van der Waals surface area (Å²) in [6, 6.07) is 13.8. The summed E-state index contributed by atoms with van der Waals surface area (Å²) in [6.07, 6.45) is 3.31. The molecular weight excluding hydrogens is 360 g/mol. The second-order valence-electron chi connectivity index (χ2n) is 4.86. The van der Waals surface area contributed by atoms with Crippen LogP contribution in [-0.2, 0) is 4.79 Å². The van der Waals surface area contributed by atoms with E-state index in [0.717, 1.165) is 20.3 Å². The average molecular weight is 373 g/mol. The van der Waals surface area contributed by atoms with Crippen LogP contribution in [0.25, 0.3) is 16.3 Å². The van der Waals surface area contributed by atoms with Crippen LogP contribution in [-0.4, -0.2) is 10.9 Å². The van der Waals surface area contributed by atoms with Gasteiger partial charge < -0.3 is 0 Å². The lowest BCUT2D eigenvalue weighted by Gasteiger charge is -1.96. The second-order valence-corrected chi connectivity index (χ2v) is 6.81. The number of fused-ring (bicyclic) bond motifs is 1. The molecule has 3 aromatic rings. The maximum atomic E-state index is 12.0. The van der Waals surface area contributed by atoms with Gasteiger partial charge in [-0.2, -0.15) is 0 Å². The number of benzene rings is 2. The van der Waals surface area contributed by atoms with Crippen LogP contribution in [0.4, 0.5) is 5.13 Å². The summed E-state index contributed by atoms with van der Waals surface area (Å²) in [5.74, 6) is -0.182. The van der Waals surface area contributed by atoms with Gasteiger partial charge in [-0.25, -0.2) is 4.98 Å². The highest BCUT2D eigenvalue weighted by molar-refractivity contribution is 9.10. The van der Waals surface area contributed by atoms with Gasteiger partial charge in [-0.1, -0.05) is 57.1 Å². The van der Waals surface area contributed by atoms with Gasteiger partial charge in [0, 0.05) is 10.5 Å². The van der Waals surface area contributed by atoms with Crippen molar-refractivity contribution in [1.29, 1.82) is 0 Å². The molecule has 0 aliphatic carbocycles. The number of anilines is 1. The van der Waals surface area contributed by atoms with Crippen LogP contribution < -0.4 is 5.32 Å². The van der Waals surface area contributed by atoms with E-state index in [-0.39, 0.29) is 5.91 Å². The van der Waals surface area contributed by atoms with Crippen LogP contribution in [0.3, 0.4) is 0 Å². The zero-order valence-corrected chi connectivity index (χ0v) is 14.2. The van der Waals surface area contributed by atoms with E-state index >= 15 is 0 Å². The van der Waals surface area contributed by atoms with Crippen molar-refractivity contribution >= 4 is 54.6 Å². The number of hydrogen-bond donors (Lipinski definition) is 1. The number of nitrogens with one attached hydrogen (secondary N) is 1. The van der Waals surface area contributed by atoms with E-state index in [1.807, 2.05) is 49.4 Å². The van der Waals surface area contributed by atoms with E-state index in [0.29, 0.717) is 5.13 Å². The highest BCUT2D eigenvalue weighted by Crippen LogP contribution is 2.28. The van der Waals surface area contributed by atoms with E-state index in [4.69, 9.17) is 0 Å². The summed E-state index contributed by atoms with van der Waals surface area (Å²) in [4.78, 5) is 16.3. The Balaban J connectivity index is 1.71. The van der Waals surface area contributed by atoms with Crippen molar-refractivity contribution in [3.05, 3.63) is 64.1 Å². The van der Waals surface area contributed by atoms with Gasteiger partial charge in [-0.05, 0) is 36.8 Å². The van der Waals surface area contributed by atoms with Gasteiger partial charge in [0.15, 0.2) is 5.13 Å². The highest BCUT2D eigenvalue weighted by atomic mass is 79.9. The third kappa shape index (κ3) is 3.61. The van der Waals surface area contributed by atoms with Crippen LogP contribution in [0.15, 0.2) is 53.0 Å². The largest absolute Gasteiger partial charge is 0.298 e. The Morgan fingerprint density at radius 1 is 1.23 bits per heavy atom. The molecule has 0 saturated heterocycles. The standard InChI is InChI=1S/C17H13BrN2OS/c1-11-2-4-12(5-3-11)6-9-16(21)20-17-19-14-8-7-13(18)10-15(14)22-17/h2-10H,1H3,(H,19,20,21)/b9-6+. The van der Waals surface area contributed by atoms with Crippen molar-refractivity contribution in [2.24, 2.45) is 0 Å². The van der Waals surface area contributed by atoms with Crippen molar-refractivity contribution in [3.8, 4) is 0 Å². The summed E-state index contributed by atoms with van der Waals surface area (Å²) in [7, 11) is 0. The predicted molar refractivity (Wildman–Crippen MR) is 96.2 cm³/mol. The molecule has 3 rings (SSSR count). The Morgan fingerprint density at radius 2 is 2.00 bits per heavy atom. The molecular formula is C17H13BrN2OS. The van der Waals surface area contributed by atoms with E-state index < -0.39 is 0 Å². The van der Waals surface area contributed by atoms with Crippen LogP contribution in [0.1, 0.15) is 11.1 Å². The number of amides is 1. The van der Waals surface area contributed by atoms with E-state index in [1.165, 1.54) is 23.0 Å². The number of halogens is 1. The number of carbonyl (C=O) groups is 1. The summed E-state index contributed by atoms with van der Waals surface area (Å²) < 4.78 is 2.04. The average Bonchev–Trinajstić information content (AvgIpc) is 2.88. The summed E-state index contributed by atoms with van der Waals surface area (Å²) in [5, 5.41) is 3.40. The SMILES string of the molecule is Cc1ccc(/C=C/C(=O)Nc2nc3ccc(Br)cc3s2)cc1. The first-order valence-electron chi connectivity index (χ1n) is 6.72. The Hall–Kier alpha value is -1.98. The number of aryl methyl sites for hydroxylation is 1. The number of aromatic nitrogens is 1. The molecule has 0 atom stereocenters. The zero-order chi connectivity index (χ0) is 15.5. The van der Waals surface area contributed by atoms with E-state index in [9.17, 15) is 4.79 Å². The molecule has 0 saturated carbocycles. The molecule has 1 amide bonds. The molecule has 110 valence electrons. The van der Waals surface area contributed by atoms with Crippen LogP contribution in [0.2, 0.25) is 0 Å². The molecule has 0 bridgehead atoms. The second kappa shape index (κ2) is 6.42. The number of carbonyl (C=O) groups excluding carboxylic acids is 1. The van der Waals surface area contributed by atoms with Crippen molar-refractivity contribution in [2.75, 3.05) is 5.32 Å². The Bertz CT molecular complexity index is 853. The van der Waals surface area contributed by atoms with Crippen LogP contribution in [0.5, 0.6) is 0 Å². The molecule has 0 unspecified atom stereocenters. The smallest absolute Gasteiger partial charge is 0.250 e. The summed E-state index contributed by atoms with van der Waals surface area (Å²) in [5.41, 5.74) is 3.07. The van der Waals surface area contributed by atoms with Gasteiger partial charge in [-0.3, -0.25) is 10.1 Å². The molecule has 2 aromatic carbocycles. The predicted octanol–water partition coefficient (Wildman–Crippen LogP) is 5.02. The quantitative estimate of drug-likeness (QED) is 0.655. The fraction of sp³-hybridized carbons (Fsp3) is 0.0588. The topological polar surface area (TPSA) is 42.0 Å². The van der Waals surface area contributed by atoms with Crippen molar-refractivity contribution in [3.63, 3.8) is 0 Å². The van der Waals surface area contributed by atoms with Gasteiger partial charge in [0.2, 0.25) is 5.91 Å². The number of thiazole rings is 1. The normalized spacial score (nSPS) is 11.2. The monoisotopic (exact) mass is 372 g/mol. The molecule has 0 radical (unpaired) electrons.